The Labute approximate surface area is 215 Å². The average Bonchev–Trinajstić information content (AvgIpc) is 3.19. The van der Waals surface area contributed by atoms with Gasteiger partial charge in [-0.1, -0.05) is 73.0 Å². The number of hydrogen-bond donors (Lipinski definition) is 2. The zero-order chi connectivity index (χ0) is 25.1. The number of aromatic nitrogens is 2. The summed E-state index contributed by atoms with van der Waals surface area (Å²) in [7, 11) is 0. The maximum atomic E-state index is 13.5. The van der Waals surface area contributed by atoms with Crippen LogP contribution in [-0.2, 0) is 12.8 Å². The van der Waals surface area contributed by atoms with Crippen LogP contribution in [0.2, 0.25) is 10.0 Å². The van der Waals surface area contributed by atoms with Gasteiger partial charge < -0.3 is 10.6 Å². The van der Waals surface area contributed by atoms with E-state index in [-0.39, 0.29) is 15.5 Å². The Morgan fingerprint density at radius 3 is 2.40 bits per heavy atom. The standard InChI is InChI=1S/C25H22Cl2N4O3S/c1-3-7-17-13-20(32)31-21(23(33)30-19-9-6-5-8-14(19)4-2)22(35-25(31)29-17)24(34)28-18-11-15(26)10-16(27)12-18/h5-6,8-13H,3-4,7H2,1-2H3,(H,28,34)(H,30,33). The monoisotopic (exact) mass is 528 g/mol. The van der Waals surface area contributed by atoms with E-state index in [1.54, 1.807) is 24.3 Å². The van der Waals surface area contributed by atoms with E-state index in [0.717, 1.165) is 23.3 Å². The number of nitrogens with zero attached hydrogens (tertiary/aromatic N) is 2. The van der Waals surface area contributed by atoms with Crippen LogP contribution in [-0.4, -0.2) is 21.2 Å². The van der Waals surface area contributed by atoms with Crippen molar-refractivity contribution in [2.45, 2.75) is 33.1 Å². The second-order valence-corrected chi connectivity index (χ2v) is 9.66. The third kappa shape index (κ3) is 5.40. The van der Waals surface area contributed by atoms with Crippen LogP contribution in [0.1, 0.15) is 51.7 Å². The predicted molar refractivity (Wildman–Crippen MR) is 142 cm³/mol. The van der Waals surface area contributed by atoms with Gasteiger partial charge in [0.1, 0.15) is 10.6 Å². The molecule has 10 heteroatoms. The number of aryl methyl sites for hydroxylation is 2. The van der Waals surface area contributed by atoms with Crippen molar-refractivity contribution in [1.29, 1.82) is 0 Å². The second kappa shape index (κ2) is 10.6. The summed E-state index contributed by atoms with van der Waals surface area (Å²) in [5.41, 5.74) is 2.00. The number of benzene rings is 2. The van der Waals surface area contributed by atoms with Crippen LogP contribution in [0.4, 0.5) is 11.4 Å². The number of thiazole rings is 1. The van der Waals surface area contributed by atoms with E-state index in [1.807, 2.05) is 32.0 Å². The molecule has 4 aromatic rings. The summed E-state index contributed by atoms with van der Waals surface area (Å²) in [6.07, 6.45) is 2.11. The van der Waals surface area contributed by atoms with Crippen LogP contribution >= 0.6 is 34.5 Å². The number of para-hydroxylation sites is 1. The van der Waals surface area contributed by atoms with Crippen molar-refractivity contribution in [1.82, 2.24) is 9.38 Å². The fourth-order valence-corrected chi connectivity index (χ4v) is 5.28. The third-order valence-electron chi connectivity index (χ3n) is 5.27. The number of fused-ring (bicyclic) bond motifs is 1. The molecule has 4 rings (SSSR count). The van der Waals surface area contributed by atoms with Gasteiger partial charge in [0.15, 0.2) is 4.96 Å². The largest absolute Gasteiger partial charge is 0.321 e. The van der Waals surface area contributed by atoms with Crippen molar-refractivity contribution < 1.29 is 9.59 Å². The summed E-state index contributed by atoms with van der Waals surface area (Å²) >= 11 is 13.1. The minimum absolute atomic E-state index is 0.0471. The van der Waals surface area contributed by atoms with Crippen molar-refractivity contribution >= 4 is 62.7 Å². The van der Waals surface area contributed by atoms with E-state index in [1.165, 1.54) is 10.5 Å². The van der Waals surface area contributed by atoms with E-state index in [4.69, 9.17) is 23.2 Å². The van der Waals surface area contributed by atoms with Gasteiger partial charge in [-0.3, -0.25) is 14.4 Å². The van der Waals surface area contributed by atoms with Crippen molar-refractivity contribution in [3.05, 3.63) is 90.8 Å². The lowest BCUT2D eigenvalue weighted by atomic mass is 10.1. The molecular formula is C25H22Cl2N4O3S. The molecule has 0 fully saturated rings. The van der Waals surface area contributed by atoms with E-state index >= 15 is 0 Å². The SMILES string of the molecule is CCCc1cc(=O)n2c(C(=O)Nc3ccccc3CC)c(C(=O)Nc3cc(Cl)cc(Cl)c3)sc2n1. The fraction of sp³-hybridized carbons (Fsp3) is 0.200. The lowest BCUT2D eigenvalue weighted by Gasteiger charge is -2.11. The molecule has 0 spiro atoms. The number of rotatable bonds is 7. The molecule has 0 aliphatic carbocycles. The van der Waals surface area contributed by atoms with E-state index < -0.39 is 17.4 Å². The maximum Gasteiger partial charge on any atom is 0.274 e. The average molecular weight is 529 g/mol. The Morgan fingerprint density at radius 1 is 1.00 bits per heavy atom. The predicted octanol–water partition coefficient (Wildman–Crippen LogP) is 6.08. The number of halogens is 2. The summed E-state index contributed by atoms with van der Waals surface area (Å²) in [6.45, 7) is 3.96. The Morgan fingerprint density at radius 2 is 1.71 bits per heavy atom. The van der Waals surface area contributed by atoms with Crippen LogP contribution < -0.4 is 16.2 Å². The van der Waals surface area contributed by atoms with Crippen LogP contribution in [0.3, 0.4) is 0 Å². The number of hydrogen-bond acceptors (Lipinski definition) is 5. The molecule has 35 heavy (non-hydrogen) atoms. The number of carbonyl (C=O) groups is 2. The number of carbonyl (C=O) groups excluding carboxylic acids is 2. The van der Waals surface area contributed by atoms with Gasteiger partial charge in [-0.25, -0.2) is 9.38 Å². The molecule has 0 bridgehead atoms. The van der Waals surface area contributed by atoms with Gasteiger partial charge in [-0.2, -0.15) is 0 Å². The van der Waals surface area contributed by atoms with Crippen molar-refractivity contribution in [3.8, 4) is 0 Å². The Kier molecular flexibility index (Phi) is 7.54. The van der Waals surface area contributed by atoms with E-state index in [2.05, 4.69) is 15.6 Å². The highest BCUT2D eigenvalue weighted by Crippen LogP contribution is 2.27. The van der Waals surface area contributed by atoms with E-state index in [9.17, 15) is 14.4 Å². The topological polar surface area (TPSA) is 92.6 Å². The summed E-state index contributed by atoms with van der Waals surface area (Å²) in [6, 6.07) is 13.4. The molecule has 0 saturated carbocycles. The molecule has 0 aliphatic heterocycles. The summed E-state index contributed by atoms with van der Waals surface area (Å²) < 4.78 is 1.19. The lowest BCUT2D eigenvalue weighted by Crippen LogP contribution is -2.25. The van der Waals surface area contributed by atoms with Gasteiger partial charge in [0.2, 0.25) is 0 Å². The highest BCUT2D eigenvalue weighted by atomic mass is 35.5. The summed E-state index contributed by atoms with van der Waals surface area (Å²) in [4.78, 5) is 44.7. The molecule has 0 unspecified atom stereocenters. The first kappa shape index (κ1) is 24.9. The normalized spacial score (nSPS) is 11.0. The molecule has 0 radical (unpaired) electrons. The Hall–Kier alpha value is -3.20. The van der Waals surface area contributed by atoms with Crippen LogP contribution in [0.25, 0.3) is 4.96 Å². The van der Waals surface area contributed by atoms with Crippen molar-refractivity contribution in [2.24, 2.45) is 0 Å². The van der Waals surface area contributed by atoms with Gasteiger partial charge >= 0.3 is 0 Å². The molecule has 2 N–H and O–H groups in total. The van der Waals surface area contributed by atoms with Crippen LogP contribution in [0.5, 0.6) is 0 Å². The Bertz CT molecular complexity index is 1480. The quantitative estimate of drug-likeness (QED) is 0.303. The number of nitrogens with one attached hydrogen (secondary N) is 2. The van der Waals surface area contributed by atoms with Gasteiger partial charge in [0.05, 0.1) is 0 Å². The smallest absolute Gasteiger partial charge is 0.274 e. The molecule has 0 aliphatic rings. The van der Waals surface area contributed by atoms with Crippen molar-refractivity contribution in [3.63, 3.8) is 0 Å². The van der Waals surface area contributed by atoms with E-state index in [0.29, 0.717) is 40.0 Å². The minimum Gasteiger partial charge on any atom is -0.321 e. The molecule has 2 aromatic heterocycles. The molecular weight excluding hydrogens is 507 g/mol. The highest BCUT2D eigenvalue weighted by molar-refractivity contribution is 7.19. The summed E-state index contributed by atoms with van der Waals surface area (Å²) in [5.74, 6) is -1.16. The Balaban J connectivity index is 1.83. The highest BCUT2D eigenvalue weighted by Gasteiger charge is 2.27. The minimum atomic E-state index is -0.585. The number of anilines is 2. The molecule has 180 valence electrons. The zero-order valence-electron chi connectivity index (χ0n) is 19.0. The lowest BCUT2D eigenvalue weighted by molar-refractivity contribution is 0.0989. The molecule has 0 atom stereocenters. The van der Waals surface area contributed by atoms with Gasteiger partial charge in [-0.05, 0) is 42.7 Å². The molecule has 0 saturated heterocycles. The first-order valence-corrected chi connectivity index (χ1v) is 12.6. The zero-order valence-corrected chi connectivity index (χ0v) is 21.4. The first-order chi connectivity index (χ1) is 16.8. The molecule has 7 nitrogen and oxygen atoms in total. The van der Waals surface area contributed by atoms with Gasteiger partial charge in [-0.15, -0.1) is 0 Å². The fourth-order valence-electron chi connectivity index (χ4n) is 3.71. The van der Waals surface area contributed by atoms with Gasteiger partial charge in [0.25, 0.3) is 17.4 Å². The maximum absolute atomic E-state index is 13.5. The third-order valence-corrected chi connectivity index (χ3v) is 6.74. The molecule has 2 heterocycles. The van der Waals surface area contributed by atoms with Crippen LogP contribution in [0, 0.1) is 0 Å². The molecule has 2 amide bonds. The van der Waals surface area contributed by atoms with Gasteiger partial charge in [0, 0.05) is 33.2 Å². The second-order valence-electron chi connectivity index (χ2n) is 7.81. The first-order valence-electron chi connectivity index (χ1n) is 11.0. The molecule has 2 aromatic carbocycles. The van der Waals surface area contributed by atoms with Crippen LogP contribution in [0.15, 0.2) is 53.3 Å². The summed E-state index contributed by atoms with van der Waals surface area (Å²) in [5, 5.41) is 6.27. The van der Waals surface area contributed by atoms with Crippen molar-refractivity contribution in [2.75, 3.05) is 10.6 Å². The number of amides is 2.